The molecule has 0 aromatic rings. The maximum Gasteiger partial charge on any atom is 0.401 e. The Kier molecular flexibility index (Phi) is 5.14. The molecule has 1 unspecified atom stereocenters. The second-order valence-electron chi connectivity index (χ2n) is 6.41. The van der Waals surface area contributed by atoms with Crippen LogP contribution >= 0.6 is 0 Å². The van der Waals surface area contributed by atoms with Gasteiger partial charge in [-0.2, -0.15) is 13.2 Å². The first-order chi connectivity index (χ1) is 9.85. The number of alkyl halides is 3. The Hall–Kier alpha value is -0.820. The lowest BCUT2D eigenvalue weighted by Crippen LogP contribution is -2.45. The van der Waals surface area contributed by atoms with Crippen LogP contribution in [0.4, 0.5) is 13.2 Å². The predicted molar refractivity (Wildman–Crippen MR) is 73.6 cm³/mol. The van der Waals surface area contributed by atoms with Gasteiger partial charge in [0, 0.05) is 19.6 Å². The first-order valence-corrected chi connectivity index (χ1v) is 7.62. The summed E-state index contributed by atoms with van der Waals surface area (Å²) in [6.45, 7) is 0.792. The summed E-state index contributed by atoms with van der Waals surface area (Å²) in [7, 11) is 0. The molecule has 3 N–H and O–H groups in total. The minimum absolute atomic E-state index is 0.0169. The number of rotatable bonds is 5. The normalized spacial score (nSPS) is 26.2. The van der Waals surface area contributed by atoms with E-state index in [1.807, 2.05) is 0 Å². The molecule has 0 radical (unpaired) electrons. The van der Waals surface area contributed by atoms with Crippen molar-refractivity contribution in [3.05, 3.63) is 0 Å². The van der Waals surface area contributed by atoms with Gasteiger partial charge >= 0.3 is 6.18 Å². The van der Waals surface area contributed by atoms with Crippen LogP contribution < -0.4 is 11.1 Å². The first kappa shape index (κ1) is 16.5. The van der Waals surface area contributed by atoms with Gasteiger partial charge in [0.25, 0.3) is 0 Å². The summed E-state index contributed by atoms with van der Waals surface area (Å²) in [6, 6.07) is 0. The van der Waals surface area contributed by atoms with Crippen molar-refractivity contribution in [2.45, 2.75) is 38.3 Å². The standard InChI is InChI=1S/C14H24F3N3O/c15-14(16,17)10-20-6-3-11(8-20)7-19-12(21)13(9-18)4-1-2-5-13/h11H,1-10,18H2,(H,19,21). The highest BCUT2D eigenvalue weighted by molar-refractivity contribution is 5.83. The summed E-state index contributed by atoms with van der Waals surface area (Å²) >= 11 is 0. The first-order valence-electron chi connectivity index (χ1n) is 7.62. The topological polar surface area (TPSA) is 58.4 Å². The minimum atomic E-state index is -4.15. The highest BCUT2D eigenvalue weighted by Gasteiger charge is 2.40. The number of amides is 1. The van der Waals surface area contributed by atoms with E-state index >= 15 is 0 Å². The van der Waals surface area contributed by atoms with Crippen LogP contribution in [-0.4, -0.2) is 49.7 Å². The van der Waals surface area contributed by atoms with Crippen LogP contribution in [0.15, 0.2) is 0 Å². The predicted octanol–water partition coefficient (Wildman–Crippen LogP) is 1.51. The smallest absolute Gasteiger partial charge is 0.355 e. The van der Waals surface area contributed by atoms with Crippen molar-refractivity contribution >= 4 is 5.91 Å². The lowest BCUT2D eigenvalue weighted by Gasteiger charge is -2.26. The lowest BCUT2D eigenvalue weighted by molar-refractivity contribution is -0.144. The third kappa shape index (κ3) is 4.32. The van der Waals surface area contributed by atoms with E-state index in [1.165, 1.54) is 4.90 Å². The van der Waals surface area contributed by atoms with Crippen molar-refractivity contribution in [2.24, 2.45) is 17.1 Å². The highest BCUT2D eigenvalue weighted by atomic mass is 19.4. The van der Waals surface area contributed by atoms with Gasteiger partial charge in [0.05, 0.1) is 12.0 Å². The summed E-state index contributed by atoms with van der Waals surface area (Å²) in [5.41, 5.74) is 5.31. The molecule has 1 saturated carbocycles. The second-order valence-corrected chi connectivity index (χ2v) is 6.41. The van der Waals surface area contributed by atoms with Gasteiger partial charge in [-0.25, -0.2) is 0 Å². The Morgan fingerprint density at radius 2 is 2.00 bits per heavy atom. The largest absolute Gasteiger partial charge is 0.401 e. The fourth-order valence-electron chi connectivity index (χ4n) is 3.48. The molecule has 1 amide bonds. The number of halogens is 3. The van der Waals surface area contributed by atoms with Gasteiger partial charge < -0.3 is 11.1 Å². The summed E-state index contributed by atoms with van der Waals surface area (Å²) < 4.78 is 37.0. The van der Waals surface area contributed by atoms with Crippen LogP contribution in [-0.2, 0) is 4.79 Å². The minimum Gasteiger partial charge on any atom is -0.355 e. The molecule has 0 aromatic heterocycles. The number of carbonyl (C=O) groups excluding carboxylic acids is 1. The lowest BCUT2D eigenvalue weighted by atomic mass is 9.85. The molecule has 1 aliphatic carbocycles. The van der Waals surface area contributed by atoms with Crippen molar-refractivity contribution < 1.29 is 18.0 Å². The molecule has 4 nitrogen and oxygen atoms in total. The van der Waals surface area contributed by atoms with E-state index in [-0.39, 0.29) is 11.8 Å². The Morgan fingerprint density at radius 1 is 1.33 bits per heavy atom. The van der Waals surface area contributed by atoms with Crippen molar-refractivity contribution in [1.29, 1.82) is 0 Å². The molecular formula is C14H24F3N3O. The van der Waals surface area contributed by atoms with Crippen LogP contribution in [0.3, 0.4) is 0 Å². The molecule has 7 heteroatoms. The number of nitrogens with one attached hydrogen (secondary N) is 1. The fourth-order valence-corrected chi connectivity index (χ4v) is 3.48. The van der Waals surface area contributed by atoms with Crippen LogP contribution in [0, 0.1) is 11.3 Å². The highest BCUT2D eigenvalue weighted by Crippen LogP contribution is 2.37. The van der Waals surface area contributed by atoms with Gasteiger partial charge in [-0.05, 0) is 31.7 Å². The van der Waals surface area contributed by atoms with Crippen LogP contribution in [0.25, 0.3) is 0 Å². The molecule has 0 bridgehead atoms. The van der Waals surface area contributed by atoms with E-state index in [4.69, 9.17) is 5.73 Å². The molecular weight excluding hydrogens is 283 g/mol. The van der Waals surface area contributed by atoms with E-state index < -0.39 is 18.1 Å². The Morgan fingerprint density at radius 3 is 2.57 bits per heavy atom. The van der Waals surface area contributed by atoms with Gasteiger partial charge in [0.15, 0.2) is 0 Å². The maximum absolute atomic E-state index is 12.3. The van der Waals surface area contributed by atoms with Crippen LogP contribution in [0.5, 0.6) is 0 Å². The average Bonchev–Trinajstić information content (AvgIpc) is 3.03. The zero-order chi connectivity index (χ0) is 15.5. The maximum atomic E-state index is 12.3. The second kappa shape index (κ2) is 6.52. The molecule has 1 heterocycles. The number of likely N-dealkylation sites (tertiary alicyclic amines) is 1. The molecule has 1 saturated heterocycles. The van der Waals surface area contributed by atoms with E-state index in [1.54, 1.807) is 0 Å². The summed E-state index contributed by atoms with van der Waals surface area (Å²) in [4.78, 5) is 13.7. The zero-order valence-corrected chi connectivity index (χ0v) is 12.2. The summed E-state index contributed by atoms with van der Waals surface area (Å²) in [5, 5.41) is 2.91. The summed E-state index contributed by atoms with van der Waals surface area (Å²) in [6.07, 6.45) is 0.235. The quantitative estimate of drug-likeness (QED) is 0.809. The van der Waals surface area contributed by atoms with Crippen molar-refractivity contribution in [2.75, 3.05) is 32.7 Å². The average molecular weight is 307 g/mol. The number of nitrogens with zero attached hydrogens (tertiary/aromatic N) is 1. The molecule has 2 rings (SSSR count). The molecule has 21 heavy (non-hydrogen) atoms. The van der Waals surface area contributed by atoms with E-state index in [0.717, 1.165) is 25.7 Å². The van der Waals surface area contributed by atoms with Crippen molar-refractivity contribution in [3.63, 3.8) is 0 Å². The molecule has 122 valence electrons. The summed E-state index contributed by atoms with van der Waals surface area (Å²) in [5.74, 6) is 0.0873. The van der Waals surface area contributed by atoms with Gasteiger partial charge in [0.2, 0.25) is 5.91 Å². The Bertz CT molecular complexity index is 367. The van der Waals surface area contributed by atoms with Crippen molar-refractivity contribution in [1.82, 2.24) is 10.2 Å². The van der Waals surface area contributed by atoms with Gasteiger partial charge in [-0.3, -0.25) is 9.69 Å². The number of hydrogen-bond acceptors (Lipinski definition) is 3. The molecule has 1 aliphatic heterocycles. The van der Waals surface area contributed by atoms with Gasteiger partial charge in [0.1, 0.15) is 0 Å². The van der Waals surface area contributed by atoms with E-state index in [9.17, 15) is 18.0 Å². The van der Waals surface area contributed by atoms with Gasteiger partial charge in [-0.1, -0.05) is 12.8 Å². The fraction of sp³-hybridized carbons (Fsp3) is 0.929. The van der Waals surface area contributed by atoms with Crippen LogP contribution in [0.1, 0.15) is 32.1 Å². The molecule has 1 atom stereocenters. The molecule has 2 aliphatic rings. The monoisotopic (exact) mass is 307 g/mol. The molecule has 0 aromatic carbocycles. The third-order valence-corrected chi connectivity index (χ3v) is 4.76. The Balaban J connectivity index is 1.75. The molecule has 0 spiro atoms. The third-order valence-electron chi connectivity index (χ3n) is 4.76. The SMILES string of the molecule is NCC1(C(=O)NCC2CCN(CC(F)(F)F)C2)CCCC1. The zero-order valence-electron chi connectivity index (χ0n) is 12.2. The van der Waals surface area contributed by atoms with Gasteiger partial charge in [-0.15, -0.1) is 0 Å². The number of nitrogens with two attached hydrogens (primary N) is 1. The van der Waals surface area contributed by atoms with E-state index in [2.05, 4.69) is 5.32 Å². The van der Waals surface area contributed by atoms with Crippen molar-refractivity contribution in [3.8, 4) is 0 Å². The van der Waals surface area contributed by atoms with Crippen LogP contribution in [0.2, 0.25) is 0 Å². The number of carbonyl (C=O) groups is 1. The Labute approximate surface area is 123 Å². The number of hydrogen-bond donors (Lipinski definition) is 2. The molecule has 2 fully saturated rings. The van der Waals surface area contributed by atoms with E-state index in [0.29, 0.717) is 32.6 Å².